The van der Waals surface area contributed by atoms with Crippen LogP contribution in [0.15, 0.2) is 120 Å². The van der Waals surface area contributed by atoms with E-state index in [9.17, 15) is 0 Å². The van der Waals surface area contributed by atoms with E-state index >= 15 is 0 Å². The molecule has 0 aromatic heterocycles. The van der Waals surface area contributed by atoms with Gasteiger partial charge in [-0.3, -0.25) is 0 Å². The second-order valence-corrected chi connectivity index (χ2v) is 10.8. The summed E-state index contributed by atoms with van der Waals surface area (Å²) in [5.74, 6) is 0.885. The Balaban J connectivity index is 1.84. The molecular formula is C27H23OPSe. The zero-order valence-electron chi connectivity index (χ0n) is 16.8. The standard InChI is InChI=1S/C27H23OPSe/c1-28-23-19-17-22(18-20-23)27(21-30-26-15-9-4-10-16-26)29(24-11-5-2-6-12-24)25-13-7-3-8-14-25/h2-21H,1H3/b27-21+. The summed E-state index contributed by atoms with van der Waals surface area (Å²) >= 11 is 0.251. The molecule has 0 heterocycles. The third-order valence-electron chi connectivity index (χ3n) is 4.71. The van der Waals surface area contributed by atoms with E-state index in [2.05, 4.69) is 120 Å². The molecule has 0 aliphatic rings. The molecule has 4 aromatic carbocycles. The van der Waals surface area contributed by atoms with E-state index in [0.717, 1.165) is 5.75 Å². The molecule has 0 aliphatic heterocycles. The molecule has 148 valence electrons. The molecule has 4 rings (SSSR count). The van der Waals surface area contributed by atoms with Gasteiger partial charge in [0.2, 0.25) is 0 Å². The van der Waals surface area contributed by atoms with Gasteiger partial charge in [0.25, 0.3) is 0 Å². The average Bonchev–Trinajstić information content (AvgIpc) is 2.83. The van der Waals surface area contributed by atoms with Crippen molar-refractivity contribution in [1.82, 2.24) is 0 Å². The van der Waals surface area contributed by atoms with Gasteiger partial charge in [-0.25, -0.2) is 0 Å². The Hall–Kier alpha value is -2.63. The second kappa shape index (κ2) is 10.4. The molecular weight excluding hydrogens is 450 g/mol. The fourth-order valence-electron chi connectivity index (χ4n) is 3.22. The maximum atomic E-state index is 5.40. The summed E-state index contributed by atoms with van der Waals surface area (Å²) in [6.07, 6.45) is 0. The molecule has 0 bridgehead atoms. The minimum absolute atomic E-state index is 0.251. The van der Waals surface area contributed by atoms with Crippen molar-refractivity contribution in [2.45, 2.75) is 0 Å². The van der Waals surface area contributed by atoms with E-state index in [4.69, 9.17) is 4.74 Å². The van der Waals surface area contributed by atoms with Crippen LogP contribution < -0.4 is 19.8 Å². The van der Waals surface area contributed by atoms with Crippen molar-refractivity contribution in [3.8, 4) is 5.75 Å². The predicted octanol–water partition coefficient (Wildman–Crippen LogP) is 5.16. The zero-order valence-corrected chi connectivity index (χ0v) is 19.4. The van der Waals surface area contributed by atoms with Crippen LogP contribution in [0.3, 0.4) is 0 Å². The molecule has 0 unspecified atom stereocenters. The first-order chi connectivity index (χ1) is 14.8. The minimum atomic E-state index is -0.665. The van der Waals surface area contributed by atoms with Crippen LogP contribution in [-0.2, 0) is 0 Å². The average molecular weight is 473 g/mol. The summed E-state index contributed by atoms with van der Waals surface area (Å²) in [5.41, 5.74) is 1.26. The first-order valence-electron chi connectivity index (χ1n) is 9.82. The number of methoxy groups -OCH3 is 1. The molecule has 4 aromatic rings. The number of rotatable bonds is 7. The van der Waals surface area contributed by atoms with Gasteiger partial charge in [0.1, 0.15) is 0 Å². The summed E-state index contributed by atoms with van der Waals surface area (Å²) in [6, 6.07) is 41.0. The molecule has 1 nitrogen and oxygen atoms in total. The Morgan fingerprint density at radius 1 is 0.667 bits per heavy atom. The van der Waals surface area contributed by atoms with E-state index in [1.807, 2.05) is 0 Å². The Labute approximate surface area is 186 Å². The van der Waals surface area contributed by atoms with Crippen molar-refractivity contribution >= 4 is 43.3 Å². The molecule has 30 heavy (non-hydrogen) atoms. The second-order valence-electron chi connectivity index (χ2n) is 6.67. The van der Waals surface area contributed by atoms with Gasteiger partial charge in [-0.05, 0) is 0 Å². The fraction of sp³-hybridized carbons (Fsp3) is 0.0370. The van der Waals surface area contributed by atoms with Crippen LogP contribution in [0.4, 0.5) is 0 Å². The first-order valence-corrected chi connectivity index (χ1v) is 13.0. The molecule has 0 amide bonds. The van der Waals surface area contributed by atoms with Crippen LogP contribution >= 0.6 is 7.92 Å². The fourth-order valence-corrected chi connectivity index (χ4v) is 7.93. The van der Waals surface area contributed by atoms with E-state index < -0.39 is 7.92 Å². The molecule has 0 saturated carbocycles. The van der Waals surface area contributed by atoms with Gasteiger partial charge in [-0.1, -0.05) is 0 Å². The van der Waals surface area contributed by atoms with Crippen LogP contribution in [0.2, 0.25) is 0 Å². The van der Waals surface area contributed by atoms with Gasteiger partial charge >= 0.3 is 187 Å². The quantitative estimate of drug-likeness (QED) is 0.266. The van der Waals surface area contributed by atoms with E-state index in [-0.39, 0.29) is 15.0 Å². The van der Waals surface area contributed by atoms with Crippen LogP contribution in [0.25, 0.3) is 5.31 Å². The van der Waals surface area contributed by atoms with Gasteiger partial charge in [0.15, 0.2) is 0 Å². The molecule has 0 spiro atoms. The van der Waals surface area contributed by atoms with Crippen molar-refractivity contribution in [2.24, 2.45) is 0 Å². The number of ether oxygens (including phenoxy) is 1. The molecule has 0 fully saturated rings. The summed E-state index contributed by atoms with van der Waals surface area (Å²) in [4.78, 5) is 2.47. The summed E-state index contributed by atoms with van der Waals surface area (Å²) < 4.78 is 6.78. The van der Waals surface area contributed by atoms with Crippen LogP contribution in [-0.4, -0.2) is 22.1 Å². The Kier molecular flexibility index (Phi) is 7.16. The normalized spacial score (nSPS) is 11.5. The molecule has 0 aliphatic carbocycles. The zero-order chi connectivity index (χ0) is 20.6. The van der Waals surface area contributed by atoms with Crippen LogP contribution in [0.1, 0.15) is 5.56 Å². The number of benzene rings is 4. The number of hydrogen-bond donors (Lipinski definition) is 0. The SMILES string of the molecule is COc1ccc(/C(=C\[Se]c2ccccc2)P(c2ccccc2)c2ccccc2)cc1. The molecule has 0 atom stereocenters. The van der Waals surface area contributed by atoms with E-state index in [1.54, 1.807) is 7.11 Å². The predicted molar refractivity (Wildman–Crippen MR) is 132 cm³/mol. The van der Waals surface area contributed by atoms with Crippen molar-refractivity contribution in [1.29, 1.82) is 0 Å². The van der Waals surface area contributed by atoms with Gasteiger partial charge in [-0.2, -0.15) is 0 Å². The van der Waals surface area contributed by atoms with E-state index in [0.29, 0.717) is 0 Å². The topological polar surface area (TPSA) is 9.23 Å². The molecule has 0 saturated heterocycles. The van der Waals surface area contributed by atoms with E-state index in [1.165, 1.54) is 25.9 Å². The molecule has 0 N–H and O–H groups in total. The van der Waals surface area contributed by atoms with Crippen molar-refractivity contribution in [3.63, 3.8) is 0 Å². The Morgan fingerprint density at radius 2 is 1.17 bits per heavy atom. The summed E-state index contributed by atoms with van der Waals surface area (Å²) in [6.45, 7) is 0. The maximum absolute atomic E-state index is 5.40. The number of hydrogen-bond acceptors (Lipinski definition) is 1. The first kappa shape index (κ1) is 20.6. The summed E-state index contributed by atoms with van der Waals surface area (Å²) in [5, 5.41) is 4.13. The van der Waals surface area contributed by atoms with Crippen LogP contribution in [0, 0.1) is 0 Å². The Morgan fingerprint density at radius 3 is 1.67 bits per heavy atom. The van der Waals surface area contributed by atoms with Gasteiger partial charge < -0.3 is 0 Å². The Bertz CT molecular complexity index is 1040. The molecule has 0 radical (unpaired) electrons. The monoisotopic (exact) mass is 474 g/mol. The van der Waals surface area contributed by atoms with Gasteiger partial charge in [-0.15, -0.1) is 0 Å². The van der Waals surface area contributed by atoms with Crippen molar-refractivity contribution < 1.29 is 4.74 Å². The third-order valence-corrected chi connectivity index (χ3v) is 9.48. The van der Waals surface area contributed by atoms with Crippen molar-refractivity contribution in [2.75, 3.05) is 7.11 Å². The third kappa shape index (κ3) is 5.10. The molecule has 3 heteroatoms. The van der Waals surface area contributed by atoms with Crippen molar-refractivity contribution in [3.05, 3.63) is 126 Å². The van der Waals surface area contributed by atoms with Crippen LogP contribution in [0.5, 0.6) is 5.75 Å². The van der Waals surface area contributed by atoms with Gasteiger partial charge in [0.05, 0.1) is 0 Å². The van der Waals surface area contributed by atoms with Gasteiger partial charge in [0, 0.05) is 0 Å². The summed E-state index contributed by atoms with van der Waals surface area (Å²) in [7, 11) is 1.05.